The zero-order valence-corrected chi connectivity index (χ0v) is 10.7. The SMILES string of the molecule is CCc1ccc(N[C@@H]2OC(=O)c3ccccc32)cc1. The van der Waals surface area contributed by atoms with Crippen molar-refractivity contribution in [3.63, 3.8) is 0 Å². The Kier molecular flexibility index (Phi) is 2.95. The van der Waals surface area contributed by atoms with E-state index >= 15 is 0 Å². The van der Waals surface area contributed by atoms with Crippen LogP contribution in [0.3, 0.4) is 0 Å². The van der Waals surface area contributed by atoms with Gasteiger partial charge in [-0.3, -0.25) is 0 Å². The molecule has 1 aliphatic rings. The van der Waals surface area contributed by atoms with E-state index in [1.807, 2.05) is 30.3 Å². The van der Waals surface area contributed by atoms with Gasteiger partial charge < -0.3 is 10.1 Å². The number of aryl methyl sites for hydroxylation is 1. The number of hydrogen-bond donors (Lipinski definition) is 1. The van der Waals surface area contributed by atoms with Crippen LogP contribution in [0.25, 0.3) is 0 Å². The molecule has 1 heterocycles. The van der Waals surface area contributed by atoms with Crippen molar-refractivity contribution < 1.29 is 9.53 Å². The van der Waals surface area contributed by atoms with Crippen molar-refractivity contribution in [3.8, 4) is 0 Å². The molecule has 0 aliphatic carbocycles. The maximum absolute atomic E-state index is 11.7. The minimum absolute atomic E-state index is 0.265. The lowest BCUT2D eigenvalue weighted by Crippen LogP contribution is -2.10. The Morgan fingerprint density at radius 2 is 1.84 bits per heavy atom. The van der Waals surface area contributed by atoms with Gasteiger partial charge in [0.15, 0.2) is 0 Å². The van der Waals surface area contributed by atoms with Gasteiger partial charge in [-0.15, -0.1) is 0 Å². The number of ether oxygens (including phenoxy) is 1. The lowest BCUT2D eigenvalue weighted by molar-refractivity contribution is 0.0437. The molecule has 96 valence electrons. The molecular weight excluding hydrogens is 238 g/mol. The summed E-state index contributed by atoms with van der Waals surface area (Å²) in [6, 6.07) is 15.6. The Balaban J connectivity index is 1.83. The van der Waals surface area contributed by atoms with Crippen molar-refractivity contribution >= 4 is 11.7 Å². The van der Waals surface area contributed by atoms with Crippen molar-refractivity contribution in [2.45, 2.75) is 19.6 Å². The van der Waals surface area contributed by atoms with Crippen LogP contribution < -0.4 is 5.32 Å². The average molecular weight is 253 g/mol. The molecule has 3 nitrogen and oxygen atoms in total. The van der Waals surface area contributed by atoms with Crippen molar-refractivity contribution in [2.24, 2.45) is 0 Å². The fourth-order valence-electron chi connectivity index (χ4n) is 2.24. The quantitative estimate of drug-likeness (QED) is 0.850. The number of esters is 1. The highest BCUT2D eigenvalue weighted by atomic mass is 16.6. The van der Waals surface area contributed by atoms with Crippen LogP contribution in [-0.4, -0.2) is 5.97 Å². The summed E-state index contributed by atoms with van der Waals surface area (Å²) in [7, 11) is 0. The van der Waals surface area contributed by atoms with Crippen LogP contribution in [0.4, 0.5) is 5.69 Å². The molecule has 19 heavy (non-hydrogen) atoms. The molecule has 0 saturated carbocycles. The number of carbonyl (C=O) groups excluding carboxylic acids is 1. The van der Waals surface area contributed by atoms with E-state index < -0.39 is 6.23 Å². The van der Waals surface area contributed by atoms with Gasteiger partial charge in [-0.1, -0.05) is 37.3 Å². The fourth-order valence-corrected chi connectivity index (χ4v) is 2.24. The predicted octanol–water partition coefficient (Wildman–Crippen LogP) is 3.53. The third-order valence-electron chi connectivity index (χ3n) is 3.35. The number of fused-ring (bicyclic) bond motifs is 1. The Bertz CT molecular complexity index is 604. The minimum atomic E-state index is -0.392. The minimum Gasteiger partial charge on any atom is -0.434 e. The van der Waals surface area contributed by atoms with E-state index in [0.717, 1.165) is 17.7 Å². The summed E-state index contributed by atoms with van der Waals surface area (Å²) in [6.07, 6.45) is 0.623. The Labute approximate surface area is 112 Å². The van der Waals surface area contributed by atoms with Gasteiger partial charge in [0.25, 0.3) is 0 Å². The molecule has 1 atom stereocenters. The molecule has 0 radical (unpaired) electrons. The van der Waals surface area contributed by atoms with Crippen LogP contribution in [-0.2, 0) is 11.2 Å². The summed E-state index contributed by atoms with van der Waals surface area (Å²) in [5.41, 5.74) is 3.78. The molecular formula is C16H15NO2. The van der Waals surface area contributed by atoms with Gasteiger partial charge in [-0.2, -0.15) is 0 Å². The zero-order chi connectivity index (χ0) is 13.2. The molecule has 2 aromatic carbocycles. The van der Waals surface area contributed by atoms with Gasteiger partial charge in [-0.05, 0) is 30.2 Å². The van der Waals surface area contributed by atoms with Crippen molar-refractivity contribution in [1.29, 1.82) is 0 Å². The van der Waals surface area contributed by atoms with Gasteiger partial charge in [0.2, 0.25) is 6.23 Å². The number of anilines is 1. The summed E-state index contributed by atoms with van der Waals surface area (Å²) >= 11 is 0. The van der Waals surface area contributed by atoms with E-state index in [2.05, 4.69) is 24.4 Å². The third kappa shape index (κ3) is 2.19. The van der Waals surface area contributed by atoms with Crippen molar-refractivity contribution in [1.82, 2.24) is 0 Å². The second-order valence-corrected chi connectivity index (χ2v) is 4.57. The fraction of sp³-hybridized carbons (Fsp3) is 0.188. The highest BCUT2D eigenvalue weighted by Crippen LogP contribution is 2.31. The van der Waals surface area contributed by atoms with Crippen LogP contribution in [0, 0.1) is 0 Å². The molecule has 0 spiro atoms. The summed E-state index contributed by atoms with van der Waals surface area (Å²) in [4.78, 5) is 11.7. The molecule has 3 heteroatoms. The molecule has 3 rings (SSSR count). The van der Waals surface area contributed by atoms with E-state index in [9.17, 15) is 4.79 Å². The van der Waals surface area contributed by atoms with E-state index in [4.69, 9.17) is 4.74 Å². The highest BCUT2D eigenvalue weighted by molar-refractivity contribution is 5.94. The van der Waals surface area contributed by atoms with Gasteiger partial charge in [-0.25, -0.2) is 4.79 Å². The lowest BCUT2D eigenvalue weighted by Gasteiger charge is -2.14. The van der Waals surface area contributed by atoms with Gasteiger partial charge in [0.1, 0.15) is 0 Å². The topological polar surface area (TPSA) is 38.3 Å². The first kappa shape index (κ1) is 11.8. The molecule has 1 aliphatic heterocycles. The summed E-state index contributed by atoms with van der Waals surface area (Å²) < 4.78 is 5.34. The molecule has 1 N–H and O–H groups in total. The molecule has 0 fully saturated rings. The first-order chi connectivity index (χ1) is 9.28. The first-order valence-corrected chi connectivity index (χ1v) is 6.43. The predicted molar refractivity (Wildman–Crippen MR) is 74.0 cm³/mol. The van der Waals surface area contributed by atoms with Crippen LogP contribution in [0.15, 0.2) is 48.5 Å². The van der Waals surface area contributed by atoms with Gasteiger partial charge >= 0.3 is 5.97 Å². The Hall–Kier alpha value is -2.29. The maximum atomic E-state index is 11.7. The van der Waals surface area contributed by atoms with E-state index in [1.54, 1.807) is 6.07 Å². The summed E-state index contributed by atoms with van der Waals surface area (Å²) in [6.45, 7) is 2.12. The Morgan fingerprint density at radius 3 is 2.58 bits per heavy atom. The standard InChI is InChI=1S/C16H15NO2/c1-2-11-7-9-12(10-8-11)17-15-13-5-3-4-6-14(13)16(18)19-15/h3-10,15,17H,2H2,1H3/t15-/m1/s1. The second kappa shape index (κ2) is 4.76. The van der Waals surface area contributed by atoms with E-state index in [1.165, 1.54) is 5.56 Å². The third-order valence-corrected chi connectivity index (χ3v) is 3.35. The average Bonchev–Trinajstić information content (AvgIpc) is 2.77. The number of cyclic esters (lactones) is 1. The zero-order valence-electron chi connectivity index (χ0n) is 10.7. The molecule has 0 bridgehead atoms. The largest absolute Gasteiger partial charge is 0.434 e. The summed E-state index contributed by atoms with van der Waals surface area (Å²) in [5.74, 6) is -0.265. The van der Waals surface area contributed by atoms with Crippen LogP contribution in [0.5, 0.6) is 0 Å². The van der Waals surface area contributed by atoms with Crippen molar-refractivity contribution in [3.05, 3.63) is 65.2 Å². The van der Waals surface area contributed by atoms with Gasteiger partial charge in [0, 0.05) is 11.3 Å². The number of carbonyl (C=O) groups is 1. The first-order valence-electron chi connectivity index (χ1n) is 6.43. The lowest BCUT2D eigenvalue weighted by atomic mass is 10.1. The number of hydrogen-bond acceptors (Lipinski definition) is 3. The molecule has 0 unspecified atom stereocenters. The number of benzene rings is 2. The molecule has 0 saturated heterocycles. The monoisotopic (exact) mass is 253 g/mol. The Morgan fingerprint density at radius 1 is 1.11 bits per heavy atom. The maximum Gasteiger partial charge on any atom is 0.340 e. The smallest absolute Gasteiger partial charge is 0.340 e. The van der Waals surface area contributed by atoms with Crippen LogP contribution >= 0.6 is 0 Å². The van der Waals surface area contributed by atoms with Crippen LogP contribution in [0.1, 0.15) is 34.6 Å². The highest BCUT2D eigenvalue weighted by Gasteiger charge is 2.30. The van der Waals surface area contributed by atoms with Crippen molar-refractivity contribution in [2.75, 3.05) is 5.32 Å². The molecule has 0 amide bonds. The van der Waals surface area contributed by atoms with E-state index in [0.29, 0.717) is 5.56 Å². The normalized spacial score (nSPS) is 16.9. The van der Waals surface area contributed by atoms with Crippen LogP contribution in [0.2, 0.25) is 0 Å². The molecule has 0 aromatic heterocycles. The van der Waals surface area contributed by atoms with E-state index in [-0.39, 0.29) is 5.97 Å². The molecule has 2 aromatic rings. The number of nitrogens with one attached hydrogen (secondary N) is 1. The second-order valence-electron chi connectivity index (χ2n) is 4.57. The van der Waals surface area contributed by atoms with Gasteiger partial charge in [0.05, 0.1) is 5.56 Å². The summed E-state index contributed by atoms with van der Waals surface area (Å²) in [5, 5.41) is 3.24. The number of rotatable bonds is 3.